The summed E-state index contributed by atoms with van der Waals surface area (Å²) in [6.45, 7) is 0.426. The molecule has 0 bridgehead atoms. The van der Waals surface area contributed by atoms with E-state index in [2.05, 4.69) is 5.32 Å². The Morgan fingerprint density at radius 1 is 0.923 bits per heavy atom. The smallest absolute Gasteiger partial charge is 0.336 e. The monoisotopic (exact) mass is 353 g/mol. The molecule has 0 aliphatic heterocycles. The molecule has 0 radical (unpaired) electrons. The van der Waals surface area contributed by atoms with Crippen LogP contribution in [0.5, 0.6) is 0 Å². The Balaban J connectivity index is 1.83. The number of hydrogen-bond acceptors (Lipinski definition) is 3. The van der Waals surface area contributed by atoms with Crippen LogP contribution in [0.3, 0.4) is 0 Å². The lowest BCUT2D eigenvalue weighted by Gasteiger charge is -2.27. The topological polar surface area (TPSA) is 86.6 Å². The van der Waals surface area contributed by atoms with Crippen molar-refractivity contribution < 1.29 is 19.8 Å². The summed E-state index contributed by atoms with van der Waals surface area (Å²) in [6, 6.07) is 13.7. The molecule has 1 aliphatic rings. The number of aromatic carboxylic acids is 1. The van der Waals surface area contributed by atoms with E-state index in [1.165, 1.54) is 6.07 Å². The first-order valence-corrected chi connectivity index (χ1v) is 8.96. The molecule has 2 atom stereocenters. The minimum atomic E-state index is -1.03. The Hall–Kier alpha value is -2.66. The number of aliphatic hydroxyl groups excluding tert-OH is 1. The van der Waals surface area contributed by atoms with Gasteiger partial charge in [-0.1, -0.05) is 49.2 Å². The lowest BCUT2D eigenvalue weighted by Crippen LogP contribution is -2.36. The average molecular weight is 353 g/mol. The quantitative estimate of drug-likeness (QED) is 0.769. The van der Waals surface area contributed by atoms with Gasteiger partial charge in [0.25, 0.3) is 5.91 Å². The molecule has 2 aromatic carbocycles. The first-order chi connectivity index (χ1) is 12.6. The van der Waals surface area contributed by atoms with Crippen LogP contribution in [0.15, 0.2) is 48.5 Å². The number of nitrogens with one attached hydrogen (secondary N) is 1. The van der Waals surface area contributed by atoms with E-state index >= 15 is 0 Å². The van der Waals surface area contributed by atoms with Crippen LogP contribution in [-0.2, 0) is 0 Å². The van der Waals surface area contributed by atoms with Crippen LogP contribution in [-0.4, -0.2) is 34.7 Å². The van der Waals surface area contributed by atoms with Crippen molar-refractivity contribution in [3.63, 3.8) is 0 Å². The first kappa shape index (κ1) is 18.1. The number of aliphatic hydroxyl groups is 1. The number of benzene rings is 2. The molecular weight excluding hydrogens is 330 g/mol. The zero-order chi connectivity index (χ0) is 18.5. The summed E-state index contributed by atoms with van der Waals surface area (Å²) in [5, 5.41) is 22.4. The summed E-state index contributed by atoms with van der Waals surface area (Å²) < 4.78 is 0. The Morgan fingerprint density at radius 3 is 2.15 bits per heavy atom. The lowest BCUT2D eigenvalue weighted by molar-refractivity contribution is 0.0660. The molecule has 5 nitrogen and oxygen atoms in total. The standard InChI is InChI=1S/C21H23NO4/c23-19-12-6-1-7-14(19)13-22-20(24)17-10-4-2-8-15(17)16-9-3-5-11-18(16)21(25)26/h2-5,8-11,14,19,23H,1,6-7,12-13H2,(H,22,24)(H,25,26). The number of carbonyl (C=O) groups excluding carboxylic acids is 1. The summed E-state index contributed by atoms with van der Waals surface area (Å²) in [4.78, 5) is 24.2. The third kappa shape index (κ3) is 3.94. The highest BCUT2D eigenvalue weighted by molar-refractivity contribution is 6.04. The van der Waals surface area contributed by atoms with Gasteiger partial charge in [0.2, 0.25) is 0 Å². The molecule has 1 amide bonds. The van der Waals surface area contributed by atoms with E-state index in [1.807, 2.05) is 0 Å². The highest BCUT2D eigenvalue weighted by atomic mass is 16.4. The summed E-state index contributed by atoms with van der Waals surface area (Å²) >= 11 is 0. The molecule has 0 aromatic heterocycles. The van der Waals surface area contributed by atoms with E-state index in [9.17, 15) is 19.8 Å². The van der Waals surface area contributed by atoms with Gasteiger partial charge in [-0.3, -0.25) is 4.79 Å². The molecule has 5 heteroatoms. The van der Waals surface area contributed by atoms with E-state index in [4.69, 9.17) is 0 Å². The second-order valence-electron chi connectivity index (χ2n) is 6.72. The van der Waals surface area contributed by atoms with Crippen molar-refractivity contribution in [1.82, 2.24) is 5.32 Å². The SMILES string of the molecule is O=C(O)c1ccccc1-c1ccccc1C(=O)NCC1CCCCC1O. The van der Waals surface area contributed by atoms with Gasteiger partial charge in [-0.25, -0.2) is 4.79 Å². The summed E-state index contributed by atoms with van der Waals surface area (Å²) in [7, 11) is 0. The predicted molar refractivity (Wildman–Crippen MR) is 99.1 cm³/mol. The number of rotatable bonds is 5. The first-order valence-electron chi connectivity index (χ1n) is 8.96. The second-order valence-corrected chi connectivity index (χ2v) is 6.72. The molecule has 26 heavy (non-hydrogen) atoms. The molecule has 2 unspecified atom stereocenters. The fraction of sp³-hybridized carbons (Fsp3) is 0.333. The zero-order valence-corrected chi connectivity index (χ0v) is 14.5. The molecule has 3 N–H and O–H groups in total. The van der Waals surface area contributed by atoms with Gasteiger partial charge in [-0.15, -0.1) is 0 Å². The van der Waals surface area contributed by atoms with Crippen LogP contribution < -0.4 is 5.32 Å². The molecule has 1 fully saturated rings. The van der Waals surface area contributed by atoms with E-state index < -0.39 is 5.97 Å². The number of carboxylic acids is 1. The number of amides is 1. The molecule has 3 rings (SSSR count). The third-order valence-electron chi connectivity index (χ3n) is 5.01. The van der Waals surface area contributed by atoms with Gasteiger partial charge in [0.15, 0.2) is 0 Å². The number of hydrogen-bond donors (Lipinski definition) is 3. The number of carboxylic acid groups (broad SMARTS) is 1. The van der Waals surface area contributed by atoms with E-state index in [0.717, 1.165) is 25.7 Å². The van der Waals surface area contributed by atoms with Crippen LogP contribution in [0.2, 0.25) is 0 Å². The zero-order valence-electron chi connectivity index (χ0n) is 14.5. The molecule has 1 aliphatic carbocycles. The van der Waals surface area contributed by atoms with Gasteiger partial charge in [0.1, 0.15) is 0 Å². The number of carbonyl (C=O) groups is 2. The molecule has 0 saturated heterocycles. The van der Waals surface area contributed by atoms with Gasteiger partial charge in [-0.2, -0.15) is 0 Å². The Labute approximate surface area is 152 Å². The predicted octanol–water partition coefficient (Wildman–Crippen LogP) is 3.33. The van der Waals surface area contributed by atoms with Crippen molar-refractivity contribution in [2.45, 2.75) is 31.8 Å². The highest BCUT2D eigenvalue weighted by Crippen LogP contribution is 2.28. The summed E-state index contributed by atoms with van der Waals surface area (Å²) in [5.74, 6) is -1.20. The fourth-order valence-electron chi connectivity index (χ4n) is 3.57. The van der Waals surface area contributed by atoms with Gasteiger partial charge in [0, 0.05) is 18.0 Å². The Kier molecular flexibility index (Phi) is 5.68. The maximum atomic E-state index is 12.7. The van der Waals surface area contributed by atoms with Crippen LogP contribution in [0.4, 0.5) is 0 Å². The average Bonchev–Trinajstić information content (AvgIpc) is 2.67. The van der Waals surface area contributed by atoms with Crippen LogP contribution in [0.1, 0.15) is 46.4 Å². The van der Waals surface area contributed by atoms with Gasteiger partial charge in [-0.05, 0) is 36.1 Å². The van der Waals surface area contributed by atoms with Crippen molar-refractivity contribution in [2.24, 2.45) is 5.92 Å². The fourth-order valence-corrected chi connectivity index (χ4v) is 3.57. The molecule has 136 valence electrons. The van der Waals surface area contributed by atoms with Crippen LogP contribution in [0.25, 0.3) is 11.1 Å². The minimum absolute atomic E-state index is 0.0752. The van der Waals surface area contributed by atoms with Crippen molar-refractivity contribution >= 4 is 11.9 Å². The minimum Gasteiger partial charge on any atom is -0.478 e. The Bertz CT molecular complexity index is 802. The van der Waals surface area contributed by atoms with E-state index in [0.29, 0.717) is 23.2 Å². The second kappa shape index (κ2) is 8.15. The maximum Gasteiger partial charge on any atom is 0.336 e. The summed E-state index contributed by atoms with van der Waals surface area (Å²) in [5.41, 5.74) is 1.71. The largest absolute Gasteiger partial charge is 0.478 e. The molecule has 2 aromatic rings. The van der Waals surface area contributed by atoms with Gasteiger partial charge >= 0.3 is 5.97 Å². The van der Waals surface area contributed by atoms with Crippen molar-refractivity contribution in [3.05, 3.63) is 59.7 Å². The van der Waals surface area contributed by atoms with E-state index in [1.54, 1.807) is 42.5 Å². The highest BCUT2D eigenvalue weighted by Gasteiger charge is 2.24. The lowest BCUT2D eigenvalue weighted by atomic mass is 9.86. The van der Waals surface area contributed by atoms with Gasteiger partial charge < -0.3 is 15.5 Å². The molecular formula is C21H23NO4. The van der Waals surface area contributed by atoms with Crippen molar-refractivity contribution in [1.29, 1.82) is 0 Å². The van der Waals surface area contributed by atoms with Crippen molar-refractivity contribution in [2.75, 3.05) is 6.54 Å². The van der Waals surface area contributed by atoms with E-state index in [-0.39, 0.29) is 23.5 Å². The van der Waals surface area contributed by atoms with Gasteiger partial charge in [0.05, 0.1) is 11.7 Å². The summed E-state index contributed by atoms with van der Waals surface area (Å²) in [6.07, 6.45) is 3.42. The van der Waals surface area contributed by atoms with Crippen LogP contribution >= 0.6 is 0 Å². The molecule has 0 spiro atoms. The van der Waals surface area contributed by atoms with Crippen molar-refractivity contribution in [3.8, 4) is 11.1 Å². The third-order valence-corrected chi connectivity index (χ3v) is 5.01. The molecule has 0 heterocycles. The van der Waals surface area contributed by atoms with Crippen LogP contribution in [0, 0.1) is 5.92 Å². The molecule has 1 saturated carbocycles. The maximum absolute atomic E-state index is 12.7. The Morgan fingerprint density at radius 2 is 1.50 bits per heavy atom. The normalized spacial score (nSPS) is 19.7.